The molecule has 0 fully saturated rings. The molecule has 0 saturated heterocycles. The van der Waals surface area contributed by atoms with Gasteiger partial charge in [0, 0.05) is 17.5 Å². The molecule has 0 aliphatic rings. The van der Waals surface area contributed by atoms with Gasteiger partial charge in [0.1, 0.15) is 0 Å². The molecule has 17 heavy (non-hydrogen) atoms. The fourth-order valence-corrected chi connectivity index (χ4v) is 3.31. The van der Waals surface area contributed by atoms with Crippen molar-refractivity contribution in [3.05, 3.63) is 20.8 Å². The topological polar surface area (TPSA) is 12.0 Å². The van der Waals surface area contributed by atoms with Crippen molar-refractivity contribution in [3.63, 3.8) is 0 Å². The molecule has 98 valence electrons. The fraction of sp³-hybridized carbons (Fsp3) is 0.714. The highest BCUT2D eigenvalue weighted by atomic mass is 79.9. The molecule has 0 bridgehead atoms. The van der Waals surface area contributed by atoms with E-state index in [2.05, 4.69) is 47.2 Å². The lowest BCUT2D eigenvalue weighted by Gasteiger charge is -2.12. The predicted molar refractivity (Wildman–Crippen MR) is 81.7 cm³/mol. The quantitative estimate of drug-likeness (QED) is 0.605. The van der Waals surface area contributed by atoms with Gasteiger partial charge in [0.25, 0.3) is 0 Å². The third-order valence-electron chi connectivity index (χ3n) is 2.99. The van der Waals surface area contributed by atoms with Crippen molar-refractivity contribution in [3.8, 4) is 0 Å². The number of thiophene rings is 1. The first-order valence-electron chi connectivity index (χ1n) is 6.70. The SMILES string of the molecule is CCCCCCCC(C)NCc1ccc(Br)s1. The van der Waals surface area contributed by atoms with Crippen molar-refractivity contribution in [2.24, 2.45) is 0 Å². The second-order valence-corrected chi connectivity index (χ2v) is 7.24. The third kappa shape index (κ3) is 7.22. The molecule has 1 heterocycles. The summed E-state index contributed by atoms with van der Waals surface area (Å²) in [6, 6.07) is 4.95. The van der Waals surface area contributed by atoms with Gasteiger partial charge >= 0.3 is 0 Å². The Hall–Kier alpha value is 0.140. The first-order chi connectivity index (χ1) is 8.22. The molecule has 0 aromatic carbocycles. The molecule has 1 N–H and O–H groups in total. The van der Waals surface area contributed by atoms with Crippen LogP contribution < -0.4 is 5.32 Å². The Morgan fingerprint density at radius 3 is 2.65 bits per heavy atom. The summed E-state index contributed by atoms with van der Waals surface area (Å²) in [6.45, 7) is 5.57. The minimum Gasteiger partial charge on any atom is -0.309 e. The molecule has 3 heteroatoms. The average Bonchev–Trinajstić information content (AvgIpc) is 2.72. The van der Waals surface area contributed by atoms with Crippen LogP contribution >= 0.6 is 27.3 Å². The summed E-state index contributed by atoms with van der Waals surface area (Å²) < 4.78 is 1.22. The van der Waals surface area contributed by atoms with E-state index in [0.29, 0.717) is 6.04 Å². The molecule has 1 rings (SSSR count). The lowest BCUT2D eigenvalue weighted by molar-refractivity contribution is 0.481. The van der Waals surface area contributed by atoms with Gasteiger partial charge in [-0.1, -0.05) is 39.0 Å². The number of unbranched alkanes of at least 4 members (excludes halogenated alkanes) is 4. The summed E-state index contributed by atoms with van der Waals surface area (Å²) in [5.41, 5.74) is 0. The Kier molecular flexibility index (Phi) is 8.15. The molecule has 0 aliphatic heterocycles. The zero-order valence-electron chi connectivity index (χ0n) is 11.0. The van der Waals surface area contributed by atoms with Crippen LogP contribution in [-0.4, -0.2) is 6.04 Å². The molecular weight excluding hydrogens is 294 g/mol. The molecule has 0 saturated carbocycles. The maximum Gasteiger partial charge on any atom is 0.0701 e. The standard InChI is InChI=1S/C14H24BrNS/c1-3-4-5-6-7-8-12(2)16-11-13-9-10-14(15)17-13/h9-10,12,16H,3-8,11H2,1-2H3. The zero-order chi connectivity index (χ0) is 12.5. The van der Waals surface area contributed by atoms with Crippen molar-refractivity contribution in [2.75, 3.05) is 0 Å². The van der Waals surface area contributed by atoms with E-state index in [1.807, 2.05) is 11.3 Å². The average molecular weight is 318 g/mol. The monoisotopic (exact) mass is 317 g/mol. The summed E-state index contributed by atoms with van der Waals surface area (Å²) in [7, 11) is 0. The third-order valence-corrected chi connectivity index (χ3v) is 4.62. The fourth-order valence-electron chi connectivity index (χ4n) is 1.88. The van der Waals surface area contributed by atoms with E-state index in [1.165, 1.54) is 47.2 Å². The maximum atomic E-state index is 3.59. The van der Waals surface area contributed by atoms with Crippen molar-refractivity contribution >= 4 is 27.3 Å². The number of nitrogens with one attached hydrogen (secondary N) is 1. The van der Waals surface area contributed by atoms with Gasteiger partial charge in [0.2, 0.25) is 0 Å². The molecule has 0 amide bonds. The van der Waals surface area contributed by atoms with E-state index in [4.69, 9.17) is 0 Å². The van der Waals surface area contributed by atoms with E-state index in [0.717, 1.165) is 6.54 Å². The summed E-state index contributed by atoms with van der Waals surface area (Å²) >= 11 is 5.31. The van der Waals surface area contributed by atoms with Crippen molar-refractivity contribution in [1.29, 1.82) is 0 Å². The first kappa shape index (κ1) is 15.2. The van der Waals surface area contributed by atoms with Gasteiger partial charge in [-0.15, -0.1) is 11.3 Å². The van der Waals surface area contributed by atoms with Crippen molar-refractivity contribution in [2.45, 2.75) is 65.0 Å². The molecule has 0 spiro atoms. The van der Waals surface area contributed by atoms with Crippen LogP contribution in [0.2, 0.25) is 0 Å². The zero-order valence-corrected chi connectivity index (χ0v) is 13.4. The molecule has 1 unspecified atom stereocenters. The highest BCUT2D eigenvalue weighted by Crippen LogP contribution is 2.21. The molecule has 1 aromatic heterocycles. The minimum absolute atomic E-state index is 0.637. The van der Waals surface area contributed by atoms with Crippen LogP contribution in [0.3, 0.4) is 0 Å². The molecule has 0 radical (unpaired) electrons. The van der Waals surface area contributed by atoms with Gasteiger partial charge in [-0.2, -0.15) is 0 Å². The van der Waals surface area contributed by atoms with Gasteiger partial charge in [-0.05, 0) is 41.4 Å². The first-order valence-corrected chi connectivity index (χ1v) is 8.31. The Morgan fingerprint density at radius 2 is 2.00 bits per heavy atom. The van der Waals surface area contributed by atoms with Crippen LogP contribution in [0.5, 0.6) is 0 Å². The summed E-state index contributed by atoms with van der Waals surface area (Å²) in [4.78, 5) is 1.41. The Labute approximate surface area is 118 Å². The molecule has 1 nitrogen and oxygen atoms in total. The highest BCUT2D eigenvalue weighted by Gasteiger charge is 2.03. The molecule has 1 atom stereocenters. The normalized spacial score (nSPS) is 12.9. The summed E-state index contributed by atoms with van der Waals surface area (Å²) in [6.07, 6.45) is 8.19. The second-order valence-electron chi connectivity index (χ2n) is 4.69. The van der Waals surface area contributed by atoms with Crippen LogP contribution in [0, 0.1) is 0 Å². The van der Waals surface area contributed by atoms with E-state index in [1.54, 1.807) is 0 Å². The number of hydrogen-bond acceptors (Lipinski definition) is 2. The van der Waals surface area contributed by atoms with E-state index < -0.39 is 0 Å². The lowest BCUT2D eigenvalue weighted by Crippen LogP contribution is -2.24. The van der Waals surface area contributed by atoms with Gasteiger partial charge in [-0.3, -0.25) is 0 Å². The van der Waals surface area contributed by atoms with Crippen LogP contribution in [0.4, 0.5) is 0 Å². The Balaban J connectivity index is 2.03. The smallest absolute Gasteiger partial charge is 0.0701 e. The van der Waals surface area contributed by atoms with Crippen LogP contribution in [-0.2, 0) is 6.54 Å². The Morgan fingerprint density at radius 1 is 1.24 bits per heavy atom. The lowest BCUT2D eigenvalue weighted by atomic mass is 10.1. The summed E-state index contributed by atoms with van der Waals surface area (Å²) in [5.74, 6) is 0. The Bertz CT molecular complexity index is 298. The van der Waals surface area contributed by atoms with Crippen molar-refractivity contribution < 1.29 is 0 Å². The predicted octanol–water partition coefficient (Wildman–Crippen LogP) is 5.35. The van der Waals surface area contributed by atoms with Crippen LogP contribution in [0.1, 0.15) is 57.2 Å². The number of hydrogen-bond donors (Lipinski definition) is 1. The minimum atomic E-state index is 0.637. The van der Waals surface area contributed by atoms with E-state index in [9.17, 15) is 0 Å². The number of rotatable bonds is 9. The number of halogens is 1. The summed E-state index contributed by atoms with van der Waals surface area (Å²) in [5, 5.41) is 3.59. The largest absolute Gasteiger partial charge is 0.309 e. The van der Waals surface area contributed by atoms with E-state index in [-0.39, 0.29) is 0 Å². The van der Waals surface area contributed by atoms with Crippen LogP contribution in [0.15, 0.2) is 15.9 Å². The maximum absolute atomic E-state index is 3.59. The van der Waals surface area contributed by atoms with Crippen molar-refractivity contribution in [1.82, 2.24) is 5.32 Å². The van der Waals surface area contributed by atoms with Crippen LogP contribution in [0.25, 0.3) is 0 Å². The molecule has 1 aromatic rings. The van der Waals surface area contributed by atoms with Gasteiger partial charge in [0.15, 0.2) is 0 Å². The molecular formula is C14H24BrNS. The van der Waals surface area contributed by atoms with Gasteiger partial charge < -0.3 is 5.32 Å². The highest BCUT2D eigenvalue weighted by molar-refractivity contribution is 9.11. The van der Waals surface area contributed by atoms with Gasteiger partial charge in [0.05, 0.1) is 3.79 Å². The van der Waals surface area contributed by atoms with Gasteiger partial charge in [-0.25, -0.2) is 0 Å². The van der Waals surface area contributed by atoms with E-state index >= 15 is 0 Å². The molecule has 0 aliphatic carbocycles. The second kappa shape index (κ2) is 9.12.